The first-order valence-corrected chi connectivity index (χ1v) is 11.8. The third-order valence-corrected chi connectivity index (χ3v) is 6.67. The highest BCUT2D eigenvalue weighted by Gasteiger charge is 2.29. The fraction of sp³-hybridized carbons (Fsp3) is 0.269. The van der Waals surface area contributed by atoms with Crippen LogP contribution in [0.15, 0.2) is 42.9 Å². The predicted molar refractivity (Wildman–Crippen MR) is 137 cm³/mol. The molecular formula is C26H27F2N7O2. The minimum atomic E-state index is -0.718. The Balaban J connectivity index is 1.61. The fourth-order valence-corrected chi connectivity index (χ4v) is 4.83. The zero-order chi connectivity index (χ0) is 26.4. The van der Waals surface area contributed by atoms with Crippen LogP contribution in [0.5, 0.6) is 0 Å². The lowest BCUT2D eigenvalue weighted by atomic mass is 10.0. The number of nitrogens with zero attached hydrogens (tertiary/aromatic N) is 5. The number of aliphatic hydroxyl groups excluding tert-OH is 1. The molecule has 0 spiro atoms. The summed E-state index contributed by atoms with van der Waals surface area (Å²) in [6.07, 6.45) is 3.75. The van der Waals surface area contributed by atoms with Crippen molar-refractivity contribution in [3.05, 3.63) is 76.9 Å². The van der Waals surface area contributed by atoms with E-state index in [9.17, 15) is 14.3 Å². The van der Waals surface area contributed by atoms with Gasteiger partial charge >= 0.3 is 6.03 Å². The standard InChI is InChI=1S/C26H27F2N7O2/c1-14-11-17(12-15(2)23(14)27)35-25(22-16(3)29-8-7-19(22)32-35)31-26(37)34(9-10-36)21-6-5-20-18(24(21)28)13-30-33(20)4/h5-6,9-13,16,29,36H,7-8H2,1-4H3,(H,31,37)/b10-9+/t16-/m0/s1. The first-order chi connectivity index (χ1) is 17.7. The second kappa shape index (κ2) is 9.32. The molecule has 2 amide bonds. The Morgan fingerprint density at radius 1 is 1.24 bits per heavy atom. The van der Waals surface area contributed by atoms with Gasteiger partial charge in [-0.15, -0.1) is 0 Å². The van der Waals surface area contributed by atoms with Gasteiger partial charge in [0.25, 0.3) is 0 Å². The van der Waals surface area contributed by atoms with Gasteiger partial charge < -0.3 is 10.4 Å². The van der Waals surface area contributed by atoms with Crippen molar-refractivity contribution >= 4 is 28.4 Å². The molecule has 0 fully saturated rings. The zero-order valence-corrected chi connectivity index (χ0v) is 20.9. The van der Waals surface area contributed by atoms with Crippen molar-refractivity contribution in [1.29, 1.82) is 0 Å². The fourth-order valence-electron chi connectivity index (χ4n) is 4.83. The lowest BCUT2D eigenvalue weighted by Gasteiger charge is -2.23. The number of amides is 2. The van der Waals surface area contributed by atoms with Gasteiger partial charge in [0.15, 0.2) is 5.82 Å². The minimum absolute atomic E-state index is 0.0668. The van der Waals surface area contributed by atoms with E-state index >= 15 is 4.39 Å². The lowest BCUT2D eigenvalue weighted by molar-refractivity contribution is 0.258. The Kier molecular flexibility index (Phi) is 6.16. The molecule has 11 heteroatoms. The van der Waals surface area contributed by atoms with Crippen LogP contribution in [0.4, 0.5) is 25.1 Å². The first kappa shape index (κ1) is 24.4. The van der Waals surface area contributed by atoms with Crippen molar-refractivity contribution in [3.63, 3.8) is 0 Å². The number of carbonyl (C=O) groups is 1. The summed E-state index contributed by atoms with van der Waals surface area (Å²) in [5.74, 6) is -0.583. The van der Waals surface area contributed by atoms with Crippen molar-refractivity contribution in [1.82, 2.24) is 24.9 Å². The number of nitrogens with one attached hydrogen (secondary N) is 2. The van der Waals surface area contributed by atoms with Crippen LogP contribution in [0.2, 0.25) is 0 Å². The Labute approximate surface area is 212 Å². The van der Waals surface area contributed by atoms with E-state index in [1.807, 2.05) is 6.92 Å². The number of aryl methyl sites for hydroxylation is 3. The number of fused-ring (bicyclic) bond motifs is 2. The van der Waals surface area contributed by atoms with Crippen LogP contribution in [-0.4, -0.2) is 37.2 Å². The van der Waals surface area contributed by atoms with Crippen LogP contribution in [0, 0.1) is 25.5 Å². The normalized spacial score (nSPS) is 15.4. The Bertz CT molecular complexity index is 1530. The second-order valence-corrected chi connectivity index (χ2v) is 9.14. The highest BCUT2D eigenvalue weighted by atomic mass is 19.1. The Morgan fingerprint density at radius 2 is 1.97 bits per heavy atom. The number of aromatic nitrogens is 4. The van der Waals surface area contributed by atoms with Gasteiger partial charge in [-0.25, -0.2) is 18.3 Å². The maximum atomic E-state index is 15.4. The molecule has 0 saturated heterocycles. The highest BCUT2D eigenvalue weighted by molar-refractivity contribution is 6.04. The van der Waals surface area contributed by atoms with Crippen LogP contribution in [0.25, 0.3) is 16.6 Å². The summed E-state index contributed by atoms with van der Waals surface area (Å²) < 4.78 is 32.9. The summed E-state index contributed by atoms with van der Waals surface area (Å²) >= 11 is 0. The molecule has 1 aliphatic heterocycles. The van der Waals surface area contributed by atoms with Crippen molar-refractivity contribution in [2.45, 2.75) is 33.2 Å². The molecule has 0 saturated carbocycles. The predicted octanol–water partition coefficient (Wildman–Crippen LogP) is 4.93. The molecule has 0 aliphatic carbocycles. The van der Waals surface area contributed by atoms with Gasteiger partial charge in [-0.05, 0) is 56.2 Å². The topological polar surface area (TPSA) is 100 Å². The third kappa shape index (κ3) is 4.10. The maximum absolute atomic E-state index is 15.4. The smallest absolute Gasteiger partial charge is 0.331 e. The summed E-state index contributed by atoms with van der Waals surface area (Å²) in [6, 6.07) is 5.58. The molecule has 9 nitrogen and oxygen atoms in total. The number of hydrogen-bond acceptors (Lipinski definition) is 5. The first-order valence-electron chi connectivity index (χ1n) is 11.8. The Morgan fingerprint density at radius 3 is 2.68 bits per heavy atom. The van der Waals surface area contributed by atoms with E-state index in [0.717, 1.165) is 28.9 Å². The molecule has 37 heavy (non-hydrogen) atoms. The molecule has 2 aromatic carbocycles. The van der Waals surface area contributed by atoms with Crippen molar-refractivity contribution in [2.24, 2.45) is 7.05 Å². The number of anilines is 2. The summed E-state index contributed by atoms with van der Waals surface area (Å²) in [7, 11) is 1.69. The van der Waals surface area contributed by atoms with Gasteiger partial charge in [0, 0.05) is 37.8 Å². The van der Waals surface area contributed by atoms with E-state index in [0.29, 0.717) is 40.8 Å². The van der Waals surface area contributed by atoms with Gasteiger partial charge in [0.1, 0.15) is 11.6 Å². The number of hydrogen-bond donors (Lipinski definition) is 3. The molecule has 1 aliphatic rings. The summed E-state index contributed by atoms with van der Waals surface area (Å²) in [5.41, 5.74) is 3.56. The molecule has 3 heterocycles. The van der Waals surface area contributed by atoms with E-state index in [-0.39, 0.29) is 22.9 Å². The van der Waals surface area contributed by atoms with Crippen LogP contribution < -0.4 is 15.5 Å². The molecule has 192 valence electrons. The summed E-state index contributed by atoms with van der Waals surface area (Å²) in [4.78, 5) is 14.6. The molecular weight excluding hydrogens is 480 g/mol. The average molecular weight is 508 g/mol. The van der Waals surface area contributed by atoms with E-state index in [1.165, 1.54) is 16.9 Å². The number of rotatable bonds is 4. The molecule has 2 aromatic heterocycles. The van der Waals surface area contributed by atoms with E-state index in [2.05, 4.69) is 15.7 Å². The van der Waals surface area contributed by atoms with Crippen molar-refractivity contribution in [2.75, 3.05) is 16.8 Å². The average Bonchev–Trinajstić information content (AvgIpc) is 3.43. The summed E-state index contributed by atoms with van der Waals surface area (Å²) in [5, 5.41) is 24.8. The molecule has 0 unspecified atom stereocenters. The number of benzene rings is 2. The van der Waals surface area contributed by atoms with E-state index in [1.54, 1.807) is 43.8 Å². The zero-order valence-electron chi connectivity index (χ0n) is 20.9. The largest absolute Gasteiger partial charge is 0.514 e. The maximum Gasteiger partial charge on any atom is 0.331 e. The molecule has 0 radical (unpaired) electrons. The number of halogens is 2. The monoisotopic (exact) mass is 507 g/mol. The quantitative estimate of drug-likeness (QED) is 0.340. The van der Waals surface area contributed by atoms with Crippen LogP contribution >= 0.6 is 0 Å². The summed E-state index contributed by atoms with van der Waals surface area (Å²) in [6.45, 7) is 6.02. The minimum Gasteiger partial charge on any atom is -0.514 e. The van der Waals surface area contributed by atoms with Gasteiger partial charge in [-0.3, -0.25) is 14.9 Å². The van der Waals surface area contributed by atoms with Gasteiger partial charge in [0.05, 0.1) is 40.4 Å². The van der Waals surface area contributed by atoms with E-state index in [4.69, 9.17) is 5.10 Å². The number of aliphatic hydroxyl groups is 1. The number of carbonyl (C=O) groups excluding carboxylic acids is 1. The van der Waals surface area contributed by atoms with Gasteiger partial charge in [-0.2, -0.15) is 10.2 Å². The van der Waals surface area contributed by atoms with Gasteiger partial charge in [-0.1, -0.05) is 0 Å². The van der Waals surface area contributed by atoms with Crippen molar-refractivity contribution < 1.29 is 18.7 Å². The molecule has 5 rings (SSSR count). The Hall–Kier alpha value is -4.25. The third-order valence-electron chi connectivity index (χ3n) is 6.67. The number of urea groups is 1. The highest BCUT2D eigenvalue weighted by Crippen LogP contribution is 2.34. The second-order valence-electron chi connectivity index (χ2n) is 9.14. The molecule has 3 N–H and O–H groups in total. The van der Waals surface area contributed by atoms with Crippen LogP contribution in [0.1, 0.15) is 35.3 Å². The van der Waals surface area contributed by atoms with E-state index < -0.39 is 11.8 Å². The molecule has 0 bridgehead atoms. The van der Waals surface area contributed by atoms with Gasteiger partial charge in [0.2, 0.25) is 0 Å². The van der Waals surface area contributed by atoms with Crippen LogP contribution in [0.3, 0.4) is 0 Å². The van der Waals surface area contributed by atoms with Crippen molar-refractivity contribution in [3.8, 4) is 5.69 Å². The molecule has 1 atom stereocenters. The van der Waals surface area contributed by atoms with Crippen LogP contribution in [-0.2, 0) is 13.5 Å². The SMILES string of the molecule is Cc1cc(-n2nc3c(c2NC(=O)N(/C=C/O)c2ccc4c(cnn4C)c2F)[C@H](C)NCC3)cc(C)c1F. The molecule has 4 aromatic rings. The lowest BCUT2D eigenvalue weighted by Crippen LogP contribution is -2.33.